The zero-order chi connectivity index (χ0) is 15.1. The van der Waals surface area contributed by atoms with Crippen molar-refractivity contribution < 1.29 is 5.11 Å². The molecule has 0 aliphatic heterocycles. The molecule has 4 rings (SSSR count). The molecule has 22 heavy (non-hydrogen) atoms. The Hall–Kier alpha value is -3.15. The topological polar surface area (TPSA) is 72.4 Å². The van der Waals surface area contributed by atoms with E-state index in [4.69, 9.17) is 0 Å². The van der Waals surface area contributed by atoms with E-state index in [9.17, 15) is 9.90 Å². The van der Waals surface area contributed by atoms with Crippen molar-refractivity contribution in [1.29, 1.82) is 0 Å². The Morgan fingerprint density at radius 1 is 1.09 bits per heavy atom. The van der Waals surface area contributed by atoms with Crippen LogP contribution in [0.1, 0.15) is 5.56 Å². The summed E-state index contributed by atoms with van der Waals surface area (Å²) >= 11 is 0. The second-order valence-corrected chi connectivity index (χ2v) is 5.08. The molecule has 0 spiro atoms. The second kappa shape index (κ2) is 4.70. The predicted octanol–water partition coefficient (Wildman–Crippen LogP) is 1.80. The molecular weight excluding hydrogens is 280 g/mol. The summed E-state index contributed by atoms with van der Waals surface area (Å²) < 4.78 is 3.31. The van der Waals surface area contributed by atoms with Gasteiger partial charge in [0.25, 0.3) is 5.56 Å². The fourth-order valence-corrected chi connectivity index (χ4v) is 2.63. The van der Waals surface area contributed by atoms with Crippen molar-refractivity contribution >= 4 is 16.7 Å². The molecule has 0 bridgehead atoms. The Morgan fingerprint density at radius 3 is 2.73 bits per heavy atom. The zero-order valence-electron chi connectivity index (χ0n) is 11.5. The van der Waals surface area contributed by atoms with Crippen molar-refractivity contribution in [2.24, 2.45) is 0 Å². The van der Waals surface area contributed by atoms with E-state index in [2.05, 4.69) is 10.2 Å². The van der Waals surface area contributed by atoms with Crippen LogP contribution in [0.25, 0.3) is 16.7 Å². The van der Waals surface area contributed by atoms with Gasteiger partial charge in [0, 0.05) is 0 Å². The van der Waals surface area contributed by atoms with Crippen molar-refractivity contribution in [1.82, 2.24) is 19.2 Å². The van der Waals surface area contributed by atoms with Crippen molar-refractivity contribution in [3.63, 3.8) is 0 Å². The maximum absolute atomic E-state index is 12.8. The van der Waals surface area contributed by atoms with E-state index in [1.54, 1.807) is 27.4 Å². The molecule has 108 valence electrons. The van der Waals surface area contributed by atoms with Crippen molar-refractivity contribution in [2.45, 2.75) is 6.54 Å². The number of fused-ring (bicyclic) bond motifs is 3. The SMILES string of the molecule is O=c1c2cc(O)ccc2n2cnnc2n1Cc1ccccc1. The molecule has 0 unspecified atom stereocenters. The minimum Gasteiger partial charge on any atom is -0.508 e. The lowest BCUT2D eigenvalue weighted by molar-refractivity contribution is 0.476. The van der Waals surface area contributed by atoms with Crippen LogP contribution in [-0.2, 0) is 6.54 Å². The monoisotopic (exact) mass is 292 g/mol. The van der Waals surface area contributed by atoms with Crippen LogP contribution in [-0.4, -0.2) is 24.3 Å². The lowest BCUT2D eigenvalue weighted by atomic mass is 10.2. The fraction of sp³-hybridized carbons (Fsp3) is 0.0625. The van der Waals surface area contributed by atoms with Crippen LogP contribution in [0.3, 0.4) is 0 Å². The number of benzene rings is 2. The first kappa shape index (κ1) is 12.6. The summed E-state index contributed by atoms with van der Waals surface area (Å²) in [7, 11) is 0. The first-order valence-electron chi connectivity index (χ1n) is 6.83. The summed E-state index contributed by atoms with van der Waals surface area (Å²) in [5.74, 6) is 0.537. The minimum absolute atomic E-state index is 0.0586. The molecule has 0 amide bonds. The standard InChI is InChI=1S/C16H12N4O2/c21-12-6-7-14-13(8-12)15(22)19(16-18-17-10-20(14)16)9-11-4-2-1-3-5-11/h1-8,10,21H,9H2. The van der Waals surface area contributed by atoms with E-state index in [0.717, 1.165) is 5.56 Å². The number of rotatable bonds is 2. The quantitative estimate of drug-likeness (QED) is 0.611. The van der Waals surface area contributed by atoms with Gasteiger partial charge in [-0.05, 0) is 23.8 Å². The maximum Gasteiger partial charge on any atom is 0.263 e. The van der Waals surface area contributed by atoms with E-state index >= 15 is 0 Å². The second-order valence-electron chi connectivity index (χ2n) is 5.08. The van der Waals surface area contributed by atoms with Gasteiger partial charge in [-0.15, -0.1) is 10.2 Å². The van der Waals surface area contributed by atoms with E-state index in [1.807, 2.05) is 30.3 Å². The van der Waals surface area contributed by atoms with Gasteiger partial charge in [0.15, 0.2) is 0 Å². The van der Waals surface area contributed by atoms with E-state index in [-0.39, 0.29) is 11.3 Å². The average Bonchev–Trinajstić information content (AvgIpc) is 3.02. The number of aromatic nitrogens is 4. The molecule has 2 aromatic carbocycles. The van der Waals surface area contributed by atoms with Crippen LogP contribution >= 0.6 is 0 Å². The van der Waals surface area contributed by atoms with Crippen molar-refractivity contribution in [3.8, 4) is 5.75 Å². The summed E-state index contributed by atoms with van der Waals surface area (Å²) in [5, 5.41) is 18.1. The lowest BCUT2D eigenvalue weighted by Crippen LogP contribution is -2.23. The molecule has 0 radical (unpaired) electrons. The van der Waals surface area contributed by atoms with Gasteiger partial charge in [-0.1, -0.05) is 30.3 Å². The van der Waals surface area contributed by atoms with Crippen LogP contribution in [0.4, 0.5) is 0 Å². The number of phenols is 1. The number of phenolic OH excluding ortho intramolecular Hbond substituents is 1. The Morgan fingerprint density at radius 2 is 1.91 bits per heavy atom. The predicted molar refractivity (Wildman–Crippen MR) is 82.0 cm³/mol. The highest BCUT2D eigenvalue weighted by molar-refractivity contribution is 5.81. The smallest absolute Gasteiger partial charge is 0.263 e. The van der Waals surface area contributed by atoms with Crippen LogP contribution < -0.4 is 5.56 Å². The molecule has 4 aromatic rings. The molecule has 6 nitrogen and oxygen atoms in total. The van der Waals surface area contributed by atoms with Crippen molar-refractivity contribution in [2.75, 3.05) is 0 Å². The molecule has 0 aliphatic carbocycles. The molecule has 0 atom stereocenters. The van der Waals surface area contributed by atoms with Gasteiger partial charge < -0.3 is 5.11 Å². The van der Waals surface area contributed by atoms with Crippen LogP contribution in [0.5, 0.6) is 5.75 Å². The normalized spacial score (nSPS) is 11.3. The highest BCUT2D eigenvalue weighted by Gasteiger charge is 2.13. The van der Waals surface area contributed by atoms with Gasteiger partial charge in [-0.2, -0.15) is 0 Å². The van der Waals surface area contributed by atoms with Crippen LogP contribution in [0, 0.1) is 0 Å². The highest BCUT2D eigenvalue weighted by Crippen LogP contribution is 2.18. The first-order chi connectivity index (χ1) is 10.7. The zero-order valence-corrected chi connectivity index (χ0v) is 11.5. The van der Waals surface area contributed by atoms with Gasteiger partial charge >= 0.3 is 0 Å². The molecule has 2 aromatic heterocycles. The molecule has 0 fully saturated rings. The molecule has 2 heterocycles. The molecule has 0 saturated heterocycles. The summed E-state index contributed by atoms with van der Waals surface area (Å²) in [5.41, 5.74) is 1.47. The third-order valence-corrected chi connectivity index (χ3v) is 3.67. The van der Waals surface area contributed by atoms with E-state index in [0.29, 0.717) is 23.2 Å². The third kappa shape index (κ3) is 1.85. The summed E-state index contributed by atoms with van der Waals surface area (Å²) in [6, 6.07) is 14.4. The van der Waals surface area contributed by atoms with Gasteiger partial charge in [0.2, 0.25) is 5.78 Å². The van der Waals surface area contributed by atoms with Gasteiger partial charge in [0.05, 0.1) is 17.4 Å². The Kier molecular flexibility index (Phi) is 2.69. The number of aromatic hydroxyl groups is 1. The van der Waals surface area contributed by atoms with Crippen molar-refractivity contribution in [3.05, 3.63) is 70.8 Å². The average molecular weight is 292 g/mol. The number of hydrogen-bond acceptors (Lipinski definition) is 4. The number of hydrogen-bond donors (Lipinski definition) is 1. The Balaban J connectivity index is 2.05. The number of nitrogens with zero attached hydrogens (tertiary/aromatic N) is 4. The summed E-state index contributed by atoms with van der Waals surface area (Å²) in [6.07, 6.45) is 1.57. The van der Waals surface area contributed by atoms with E-state index in [1.165, 1.54) is 6.07 Å². The molecular formula is C16H12N4O2. The molecule has 1 N–H and O–H groups in total. The Bertz CT molecular complexity index is 1030. The highest BCUT2D eigenvalue weighted by atomic mass is 16.3. The first-order valence-corrected chi connectivity index (χ1v) is 6.83. The van der Waals surface area contributed by atoms with Crippen LogP contribution in [0.15, 0.2) is 59.7 Å². The lowest BCUT2D eigenvalue weighted by Gasteiger charge is -2.10. The summed E-state index contributed by atoms with van der Waals surface area (Å²) in [4.78, 5) is 12.8. The maximum atomic E-state index is 12.8. The largest absolute Gasteiger partial charge is 0.508 e. The van der Waals surface area contributed by atoms with Gasteiger partial charge in [-0.25, -0.2) is 0 Å². The van der Waals surface area contributed by atoms with E-state index < -0.39 is 0 Å². The molecule has 6 heteroatoms. The molecule has 0 saturated carbocycles. The van der Waals surface area contributed by atoms with Crippen LogP contribution in [0.2, 0.25) is 0 Å². The summed E-state index contributed by atoms with van der Waals surface area (Å²) in [6.45, 7) is 0.396. The fourth-order valence-electron chi connectivity index (χ4n) is 2.63. The van der Waals surface area contributed by atoms with Gasteiger partial charge in [-0.3, -0.25) is 13.8 Å². The Labute approximate surface area is 124 Å². The third-order valence-electron chi connectivity index (χ3n) is 3.67. The molecule has 0 aliphatic rings. The van der Waals surface area contributed by atoms with Gasteiger partial charge in [0.1, 0.15) is 12.1 Å². The minimum atomic E-state index is -0.199.